The summed E-state index contributed by atoms with van der Waals surface area (Å²) in [6.45, 7) is 2.95. The second-order valence-corrected chi connectivity index (χ2v) is 10.4. The van der Waals surface area contributed by atoms with Crippen molar-refractivity contribution in [3.05, 3.63) is 48.5 Å². The van der Waals surface area contributed by atoms with E-state index in [-0.39, 0.29) is 5.91 Å². The molecule has 1 N–H and O–H groups in total. The number of aromatic nitrogens is 2. The van der Waals surface area contributed by atoms with Crippen LogP contribution in [-0.2, 0) is 4.79 Å². The second kappa shape index (κ2) is 9.72. The molecule has 4 rings (SSSR count). The van der Waals surface area contributed by atoms with E-state index in [1.807, 2.05) is 59.1 Å². The van der Waals surface area contributed by atoms with Crippen molar-refractivity contribution in [3.8, 4) is 5.75 Å². The van der Waals surface area contributed by atoms with Crippen molar-refractivity contribution in [1.82, 2.24) is 10.2 Å². The van der Waals surface area contributed by atoms with Gasteiger partial charge in [-0.05, 0) is 42.8 Å². The number of thioether (sulfide) groups is 2. The summed E-state index contributed by atoms with van der Waals surface area (Å²) >= 11 is 4.71. The fourth-order valence-corrected chi connectivity index (χ4v) is 5.82. The summed E-state index contributed by atoms with van der Waals surface area (Å²) in [4.78, 5) is 16.1. The number of anilines is 3. The first-order valence-corrected chi connectivity index (χ1v) is 12.2. The first-order chi connectivity index (χ1) is 14.6. The average Bonchev–Trinajstić information content (AvgIpc) is 3.13. The number of benzene rings is 2. The predicted octanol–water partition coefficient (Wildman–Crippen LogP) is 5.30. The molecule has 2 aromatic carbocycles. The summed E-state index contributed by atoms with van der Waals surface area (Å²) in [6.07, 6.45) is 0.977. The van der Waals surface area contributed by atoms with Crippen molar-refractivity contribution in [1.29, 1.82) is 0 Å². The Kier molecular flexibility index (Phi) is 6.81. The summed E-state index contributed by atoms with van der Waals surface area (Å²) in [5.41, 5.74) is 1.92. The number of nitrogens with one attached hydrogen (secondary N) is 1. The Morgan fingerprint density at radius 2 is 2.03 bits per heavy atom. The van der Waals surface area contributed by atoms with E-state index in [9.17, 15) is 4.79 Å². The molecule has 9 heteroatoms. The lowest BCUT2D eigenvalue weighted by Crippen LogP contribution is -2.33. The number of ether oxygens (including phenoxy) is 1. The highest BCUT2D eigenvalue weighted by Gasteiger charge is 2.24. The lowest BCUT2D eigenvalue weighted by Gasteiger charge is -2.22. The highest BCUT2D eigenvalue weighted by atomic mass is 32.2. The van der Waals surface area contributed by atoms with E-state index in [1.165, 1.54) is 28.0 Å². The van der Waals surface area contributed by atoms with Crippen molar-refractivity contribution in [2.75, 3.05) is 29.6 Å². The molecule has 0 spiro atoms. The number of nitrogens with zero attached hydrogens (tertiary/aromatic N) is 3. The maximum absolute atomic E-state index is 13.0. The van der Waals surface area contributed by atoms with Crippen molar-refractivity contribution >= 4 is 57.3 Å². The molecule has 30 heavy (non-hydrogen) atoms. The van der Waals surface area contributed by atoms with Gasteiger partial charge >= 0.3 is 0 Å². The first kappa shape index (κ1) is 21.0. The van der Waals surface area contributed by atoms with Crippen LogP contribution in [0.4, 0.5) is 16.5 Å². The van der Waals surface area contributed by atoms with Gasteiger partial charge in [-0.3, -0.25) is 4.79 Å². The van der Waals surface area contributed by atoms with Gasteiger partial charge in [0.05, 0.1) is 18.6 Å². The zero-order chi connectivity index (χ0) is 20.9. The lowest BCUT2D eigenvalue weighted by atomic mass is 10.2. The fraction of sp³-hybridized carbons (Fsp3) is 0.286. The molecule has 6 nitrogen and oxygen atoms in total. The van der Waals surface area contributed by atoms with Gasteiger partial charge in [0.25, 0.3) is 0 Å². The van der Waals surface area contributed by atoms with Gasteiger partial charge in [-0.15, -0.1) is 22.0 Å². The minimum absolute atomic E-state index is 0.0991. The molecule has 1 aliphatic rings. The molecule has 0 aliphatic carbocycles. The zero-order valence-corrected chi connectivity index (χ0v) is 19.1. The number of rotatable bonds is 6. The highest BCUT2D eigenvalue weighted by molar-refractivity contribution is 8.01. The summed E-state index contributed by atoms with van der Waals surface area (Å²) in [6, 6.07) is 15.8. The molecule has 1 atom stereocenters. The van der Waals surface area contributed by atoms with Gasteiger partial charge in [-0.1, -0.05) is 42.2 Å². The third kappa shape index (κ3) is 5.08. The molecule has 1 aliphatic heterocycles. The summed E-state index contributed by atoms with van der Waals surface area (Å²) in [7, 11) is 1.64. The van der Waals surface area contributed by atoms with Crippen LogP contribution in [0, 0.1) is 0 Å². The molecule has 0 saturated carbocycles. The van der Waals surface area contributed by atoms with Crippen molar-refractivity contribution in [2.45, 2.75) is 27.8 Å². The van der Waals surface area contributed by atoms with E-state index in [4.69, 9.17) is 4.74 Å². The van der Waals surface area contributed by atoms with E-state index in [1.54, 1.807) is 7.11 Å². The Balaban J connectivity index is 1.37. The zero-order valence-electron chi connectivity index (χ0n) is 16.7. The molecule has 0 fully saturated rings. The summed E-state index contributed by atoms with van der Waals surface area (Å²) in [5, 5.41) is 12.8. The smallest absolute Gasteiger partial charge is 0.237 e. The minimum Gasteiger partial charge on any atom is -0.497 e. The Morgan fingerprint density at radius 3 is 2.83 bits per heavy atom. The van der Waals surface area contributed by atoms with E-state index in [0.717, 1.165) is 34.4 Å². The molecule has 2 heterocycles. The standard InChI is InChI=1S/C21H22N4O2S3/c1-14-11-12-25(17-5-3-4-6-18(17)29-14)19(26)13-28-21-24-23-20(30-21)22-15-7-9-16(27-2)10-8-15/h3-10,14H,11-13H2,1-2H3,(H,22,23). The van der Waals surface area contributed by atoms with E-state index >= 15 is 0 Å². The molecule has 0 radical (unpaired) electrons. The van der Waals surface area contributed by atoms with Gasteiger partial charge < -0.3 is 15.0 Å². The topological polar surface area (TPSA) is 67.3 Å². The SMILES string of the molecule is COc1ccc(Nc2nnc(SCC(=O)N3CCC(C)Sc4ccccc43)s2)cc1. The number of amides is 1. The summed E-state index contributed by atoms with van der Waals surface area (Å²) in [5.74, 6) is 1.24. The monoisotopic (exact) mass is 458 g/mol. The van der Waals surface area contributed by atoms with Crippen LogP contribution in [0.2, 0.25) is 0 Å². The second-order valence-electron chi connectivity index (χ2n) is 6.75. The molecule has 0 saturated heterocycles. The largest absolute Gasteiger partial charge is 0.497 e. The lowest BCUT2D eigenvalue weighted by molar-refractivity contribution is -0.116. The van der Waals surface area contributed by atoms with Crippen LogP contribution in [0.5, 0.6) is 5.75 Å². The number of carbonyl (C=O) groups is 1. The van der Waals surface area contributed by atoms with Gasteiger partial charge in [-0.2, -0.15) is 0 Å². The quantitative estimate of drug-likeness (QED) is 0.503. The minimum atomic E-state index is 0.0991. The maximum Gasteiger partial charge on any atom is 0.237 e. The van der Waals surface area contributed by atoms with E-state index < -0.39 is 0 Å². The van der Waals surface area contributed by atoms with Crippen LogP contribution >= 0.6 is 34.9 Å². The van der Waals surface area contributed by atoms with Crippen LogP contribution in [0.25, 0.3) is 0 Å². The highest BCUT2D eigenvalue weighted by Crippen LogP contribution is 2.38. The first-order valence-electron chi connectivity index (χ1n) is 9.56. The van der Waals surface area contributed by atoms with Gasteiger partial charge in [0.15, 0.2) is 4.34 Å². The van der Waals surface area contributed by atoms with Crippen LogP contribution < -0.4 is 15.0 Å². The molecule has 156 valence electrons. The Labute approximate surface area is 188 Å². The molecule has 1 unspecified atom stereocenters. The molecule has 3 aromatic rings. The van der Waals surface area contributed by atoms with Crippen LogP contribution in [0.1, 0.15) is 13.3 Å². The van der Waals surface area contributed by atoms with Crippen LogP contribution in [-0.4, -0.2) is 40.8 Å². The van der Waals surface area contributed by atoms with Gasteiger partial charge in [0.2, 0.25) is 11.0 Å². The number of carbonyl (C=O) groups excluding carboxylic acids is 1. The van der Waals surface area contributed by atoms with Gasteiger partial charge in [-0.25, -0.2) is 0 Å². The Hall–Kier alpha value is -2.23. The molecule has 1 amide bonds. The summed E-state index contributed by atoms with van der Waals surface area (Å²) < 4.78 is 5.94. The van der Waals surface area contributed by atoms with Crippen LogP contribution in [0.15, 0.2) is 57.8 Å². The molecular weight excluding hydrogens is 436 g/mol. The van der Waals surface area contributed by atoms with Gasteiger partial charge in [0, 0.05) is 22.4 Å². The number of fused-ring (bicyclic) bond motifs is 1. The van der Waals surface area contributed by atoms with Crippen molar-refractivity contribution < 1.29 is 9.53 Å². The average molecular weight is 459 g/mol. The third-order valence-electron chi connectivity index (χ3n) is 4.61. The fourth-order valence-electron chi connectivity index (χ4n) is 3.06. The van der Waals surface area contributed by atoms with E-state index in [0.29, 0.717) is 16.1 Å². The number of hydrogen-bond donors (Lipinski definition) is 1. The number of para-hydroxylation sites is 1. The molecular formula is C21H22N4O2S3. The predicted molar refractivity (Wildman–Crippen MR) is 126 cm³/mol. The van der Waals surface area contributed by atoms with Crippen LogP contribution in [0.3, 0.4) is 0 Å². The molecule has 0 bridgehead atoms. The molecule has 1 aromatic heterocycles. The third-order valence-corrected chi connectivity index (χ3v) is 7.81. The number of hydrogen-bond acceptors (Lipinski definition) is 8. The van der Waals surface area contributed by atoms with Gasteiger partial charge in [0.1, 0.15) is 5.75 Å². The number of methoxy groups -OCH3 is 1. The Morgan fingerprint density at radius 1 is 1.23 bits per heavy atom. The maximum atomic E-state index is 13.0. The Bertz CT molecular complexity index is 1010. The van der Waals surface area contributed by atoms with Crippen molar-refractivity contribution in [2.24, 2.45) is 0 Å². The van der Waals surface area contributed by atoms with E-state index in [2.05, 4.69) is 28.5 Å². The van der Waals surface area contributed by atoms with Crippen molar-refractivity contribution in [3.63, 3.8) is 0 Å². The normalized spacial score (nSPS) is 15.9.